The highest BCUT2D eigenvalue weighted by Gasteiger charge is 2.08. The Morgan fingerprint density at radius 3 is 2.19 bits per heavy atom. The second kappa shape index (κ2) is 10.8. The second-order valence-electron chi connectivity index (χ2n) is 7.33. The van der Waals surface area contributed by atoms with Crippen LogP contribution in [-0.4, -0.2) is 31.3 Å². The van der Waals surface area contributed by atoms with Crippen LogP contribution >= 0.6 is 0 Å². The minimum Gasteiger partial charge on any atom is -0.361 e. The summed E-state index contributed by atoms with van der Waals surface area (Å²) in [5.41, 5.74) is 5.02. The van der Waals surface area contributed by atoms with Crippen LogP contribution in [0.25, 0.3) is 0 Å². The van der Waals surface area contributed by atoms with E-state index in [9.17, 15) is 0 Å². The van der Waals surface area contributed by atoms with Gasteiger partial charge in [-0.3, -0.25) is 4.99 Å². The van der Waals surface area contributed by atoms with Crippen LogP contribution in [0.3, 0.4) is 0 Å². The molecule has 5 nitrogen and oxygen atoms in total. The molecule has 1 heterocycles. The van der Waals surface area contributed by atoms with Crippen molar-refractivity contribution < 1.29 is 4.52 Å². The van der Waals surface area contributed by atoms with Gasteiger partial charge in [-0.1, -0.05) is 43.3 Å². The molecule has 0 amide bonds. The molecule has 27 heavy (non-hydrogen) atoms. The van der Waals surface area contributed by atoms with E-state index in [1.165, 1.54) is 16.7 Å². The number of guanidine groups is 1. The van der Waals surface area contributed by atoms with E-state index in [0.717, 1.165) is 56.2 Å². The molecule has 2 rings (SSSR count). The zero-order chi connectivity index (χ0) is 19.6. The van der Waals surface area contributed by atoms with E-state index in [4.69, 9.17) is 4.52 Å². The van der Waals surface area contributed by atoms with Gasteiger partial charge >= 0.3 is 0 Å². The predicted octanol–water partition coefficient (Wildman–Crippen LogP) is 4.15. The maximum absolute atomic E-state index is 5.21. The molecule has 0 spiro atoms. The average molecular weight is 371 g/mol. The third-order valence-electron chi connectivity index (χ3n) is 4.88. The Balaban J connectivity index is 1.62. The Morgan fingerprint density at radius 2 is 1.67 bits per heavy atom. The van der Waals surface area contributed by atoms with Gasteiger partial charge in [-0.2, -0.15) is 0 Å². The van der Waals surface area contributed by atoms with Gasteiger partial charge in [-0.15, -0.1) is 0 Å². The summed E-state index contributed by atoms with van der Waals surface area (Å²) in [5.74, 6) is 2.38. The van der Waals surface area contributed by atoms with Crippen molar-refractivity contribution in [1.29, 1.82) is 0 Å². The number of nitrogens with zero attached hydrogens (tertiary/aromatic N) is 2. The first-order chi connectivity index (χ1) is 13.0. The van der Waals surface area contributed by atoms with Crippen molar-refractivity contribution in [3.8, 4) is 0 Å². The van der Waals surface area contributed by atoms with E-state index < -0.39 is 0 Å². The third kappa shape index (κ3) is 6.74. The molecule has 1 aromatic carbocycles. The highest BCUT2D eigenvalue weighted by molar-refractivity contribution is 5.79. The highest BCUT2D eigenvalue weighted by Crippen LogP contribution is 2.15. The molecule has 148 valence electrons. The molecule has 0 radical (unpaired) electrons. The van der Waals surface area contributed by atoms with Gasteiger partial charge in [0.15, 0.2) is 5.96 Å². The number of hydrogen-bond acceptors (Lipinski definition) is 3. The predicted molar refractivity (Wildman–Crippen MR) is 113 cm³/mol. The monoisotopic (exact) mass is 370 g/mol. The number of aromatic nitrogens is 1. The number of hydrogen-bond donors (Lipinski definition) is 2. The van der Waals surface area contributed by atoms with Gasteiger partial charge in [0.2, 0.25) is 0 Å². The SMILES string of the molecule is CN=C(NCCCc1ccc(C(C)C)cc1)NCCCc1c(C)noc1C. The molecule has 2 N–H and O–H groups in total. The van der Waals surface area contributed by atoms with Gasteiger partial charge in [0, 0.05) is 25.7 Å². The third-order valence-corrected chi connectivity index (χ3v) is 4.88. The normalized spacial score (nSPS) is 11.9. The first-order valence-electron chi connectivity index (χ1n) is 9.96. The van der Waals surface area contributed by atoms with Crippen LogP contribution in [0.2, 0.25) is 0 Å². The topological polar surface area (TPSA) is 62.5 Å². The molecule has 5 heteroatoms. The Kier molecular flexibility index (Phi) is 8.37. The number of aryl methyl sites for hydroxylation is 3. The van der Waals surface area contributed by atoms with E-state index in [-0.39, 0.29) is 0 Å². The Morgan fingerprint density at radius 1 is 1.04 bits per heavy atom. The minimum atomic E-state index is 0.590. The van der Waals surface area contributed by atoms with E-state index in [2.05, 4.69) is 58.9 Å². The Labute approximate surface area is 163 Å². The molecule has 0 saturated heterocycles. The zero-order valence-corrected chi connectivity index (χ0v) is 17.4. The first-order valence-corrected chi connectivity index (χ1v) is 9.96. The van der Waals surface area contributed by atoms with Crippen molar-refractivity contribution >= 4 is 5.96 Å². The fourth-order valence-electron chi connectivity index (χ4n) is 3.12. The number of benzene rings is 1. The summed E-state index contributed by atoms with van der Waals surface area (Å²) in [6.45, 7) is 10.2. The molecule has 1 aromatic heterocycles. The summed E-state index contributed by atoms with van der Waals surface area (Å²) in [7, 11) is 1.81. The van der Waals surface area contributed by atoms with Gasteiger partial charge in [0.25, 0.3) is 0 Å². The number of rotatable bonds is 9. The van der Waals surface area contributed by atoms with Crippen molar-refractivity contribution in [3.05, 3.63) is 52.4 Å². The van der Waals surface area contributed by atoms with Gasteiger partial charge in [-0.05, 0) is 56.6 Å². The lowest BCUT2D eigenvalue weighted by Crippen LogP contribution is -2.38. The molecule has 0 aliphatic heterocycles. The van der Waals surface area contributed by atoms with Gasteiger partial charge < -0.3 is 15.2 Å². The number of nitrogens with one attached hydrogen (secondary N) is 2. The molecular formula is C22H34N4O. The van der Waals surface area contributed by atoms with Gasteiger partial charge in [0.05, 0.1) is 5.69 Å². The maximum Gasteiger partial charge on any atom is 0.190 e. The van der Waals surface area contributed by atoms with Crippen molar-refractivity contribution in [3.63, 3.8) is 0 Å². The molecule has 0 saturated carbocycles. The molecule has 0 unspecified atom stereocenters. The van der Waals surface area contributed by atoms with E-state index in [1.807, 2.05) is 20.9 Å². The van der Waals surface area contributed by atoms with Crippen LogP contribution in [-0.2, 0) is 12.8 Å². The molecule has 0 fully saturated rings. The molecular weight excluding hydrogens is 336 g/mol. The quantitative estimate of drug-likeness (QED) is 0.395. The van der Waals surface area contributed by atoms with Crippen LogP contribution in [0.4, 0.5) is 0 Å². The van der Waals surface area contributed by atoms with Crippen molar-refractivity contribution in [2.75, 3.05) is 20.1 Å². The lowest BCUT2D eigenvalue weighted by Gasteiger charge is -2.12. The largest absolute Gasteiger partial charge is 0.361 e. The van der Waals surface area contributed by atoms with Crippen molar-refractivity contribution in [2.24, 2.45) is 4.99 Å². The summed E-state index contributed by atoms with van der Waals surface area (Å²) in [4.78, 5) is 4.30. The zero-order valence-electron chi connectivity index (χ0n) is 17.4. The lowest BCUT2D eigenvalue weighted by atomic mass is 10.0. The maximum atomic E-state index is 5.21. The van der Waals surface area contributed by atoms with Crippen LogP contribution in [0.15, 0.2) is 33.8 Å². The molecule has 0 aliphatic rings. The fraction of sp³-hybridized carbons (Fsp3) is 0.545. The Bertz CT molecular complexity index is 697. The van der Waals surface area contributed by atoms with E-state index >= 15 is 0 Å². The smallest absolute Gasteiger partial charge is 0.190 e. The van der Waals surface area contributed by atoms with Crippen LogP contribution in [0.1, 0.15) is 60.8 Å². The van der Waals surface area contributed by atoms with Crippen molar-refractivity contribution in [1.82, 2.24) is 15.8 Å². The molecule has 0 atom stereocenters. The summed E-state index contributed by atoms with van der Waals surface area (Å²) < 4.78 is 5.21. The summed E-state index contributed by atoms with van der Waals surface area (Å²) in [6.07, 6.45) is 4.15. The molecule has 0 aliphatic carbocycles. The summed E-state index contributed by atoms with van der Waals surface area (Å²) in [5, 5.41) is 10.8. The van der Waals surface area contributed by atoms with Crippen LogP contribution in [0, 0.1) is 13.8 Å². The second-order valence-corrected chi connectivity index (χ2v) is 7.33. The van der Waals surface area contributed by atoms with Gasteiger partial charge in [-0.25, -0.2) is 0 Å². The van der Waals surface area contributed by atoms with Crippen molar-refractivity contribution in [2.45, 2.75) is 59.3 Å². The van der Waals surface area contributed by atoms with Gasteiger partial charge in [0.1, 0.15) is 5.76 Å². The minimum absolute atomic E-state index is 0.590. The number of aliphatic imine (C=N–C) groups is 1. The van der Waals surface area contributed by atoms with E-state index in [1.54, 1.807) is 0 Å². The average Bonchev–Trinajstić information content (AvgIpc) is 2.98. The molecule has 2 aromatic rings. The first kappa shape index (κ1) is 21.0. The molecule has 0 bridgehead atoms. The standard InChI is InChI=1S/C22H34N4O/c1-16(2)20-12-10-19(11-13-20)8-6-14-24-22(23-5)25-15-7-9-21-17(3)26-27-18(21)4/h10-13,16H,6-9,14-15H2,1-5H3,(H2,23,24,25). The van der Waals surface area contributed by atoms with Crippen LogP contribution < -0.4 is 10.6 Å². The Hall–Kier alpha value is -2.30. The summed E-state index contributed by atoms with van der Waals surface area (Å²) >= 11 is 0. The van der Waals surface area contributed by atoms with E-state index in [0.29, 0.717) is 5.92 Å². The highest BCUT2D eigenvalue weighted by atomic mass is 16.5. The van der Waals surface area contributed by atoms with Crippen LogP contribution in [0.5, 0.6) is 0 Å². The summed E-state index contributed by atoms with van der Waals surface area (Å²) in [6, 6.07) is 8.98. The fourth-order valence-corrected chi connectivity index (χ4v) is 3.12. The lowest BCUT2D eigenvalue weighted by molar-refractivity contribution is 0.392.